The Morgan fingerprint density at radius 3 is 2.41 bits per heavy atom. The Kier molecular flexibility index (Phi) is 4.54. The fraction of sp³-hybridized carbons (Fsp3) is 0. The predicted molar refractivity (Wildman–Crippen MR) is 119 cm³/mol. The summed E-state index contributed by atoms with van der Waals surface area (Å²) in [6.07, 6.45) is 0. The van der Waals surface area contributed by atoms with Crippen molar-refractivity contribution in [1.82, 2.24) is 0 Å². The van der Waals surface area contributed by atoms with Gasteiger partial charge in [0.1, 0.15) is 5.58 Å². The highest BCUT2D eigenvalue weighted by molar-refractivity contribution is 7.99. The third-order valence-corrected chi connectivity index (χ3v) is 5.84. The van der Waals surface area contributed by atoms with E-state index in [9.17, 15) is 4.79 Å². The summed E-state index contributed by atoms with van der Waals surface area (Å²) in [5.41, 5.74) is 1.47. The van der Waals surface area contributed by atoms with E-state index in [-0.39, 0.29) is 5.91 Å². The number of furan rings is 1. The van der Waals surface area contributed by atoms with E-state index in [1.54, 1.807) is 11.8 Å². The van der Waals surface area contributed by atoms with Crippen molar-refractivity contribution in [2.75, 3.05) is 5.32 Å². The second-order valence-corrected chi connectivity index (χ2v) is 7.79. The van der Waals surface area contributed by atoms with Crippen molar-refractivity contribution in [3.05, 3.63) is 103 Å². The van der Waals surface area contributed by atoms with Crippen LogP contribution in [0, 0.1) is 0 Å². The molecule has 4 aromatic carbocycles. The average molecular weight is 395 g/mol. The normalized spacial score (nSPS) is 11.0. The third-order valence-electron chi connectivity index (χ3n) is 4.76. The van der Waals surface area contributed by atoms with Crippen molar-refractivity contribution >= 4 is 45.1 Å². The first-order valence-corrected chi connectivity index (χ1v) is 10.1. The van der Waals surface area contributed by atoms with Crippen LogP contribution in [-0.2, 0) is 0 Å². The Balaban J connectivity index is 1.46. The van der Waals surface area contributed by atoms with Crippen LogP contribution in [-0.4, -0.2) is 5.91 Å². The molecule has 0 bridgehead atoms. The van der Waals surface area contributed by atoms with Gasteiger partial charge in [-0.05, 0) is 47.2 Å². The van der Waals surface area contributed by atoms with Crippen molar-refractivity contribution in [3.8, 4) is 0 Å². The van der Waals surface area contributed by atoms with Crippen LogP contribution in [0.15, 0.2) is 111 Å². The molecular weight excluding hydrogens is 378 g/mol. The van der Waals surface area contributed by atoms with E-state index >= 15 is 0 Å². The largest absolute Gasteiger partial charge is 0.451 e. The SMILES string of the molecule is O=C(Nc1ccccc1Sc1ccccc1)c1cc2c(ccc3ccccc32)o1. The van der Waals surface area contributed by atoms with Crippen LogP contribution in [0.5, 0.6) is 0 Å². The van der Waals surface area contributed by atoms with Crippen LogP contribution in [0.2, 0.25) is 0 Å². The van der Waals surface area contributed by atoms with E-state index in [4.69, 9.17) is 4.42 Å². The molecule has 0 fully saturated rings. The fourth-order valence-corrected chi connectivity index (χ4v) is 4.29. The summed E-state index contributed by atoms with van der Waals surface area (Å²) >= 11 is 1.61. The summed E-state index contributed by atoms with van der Waals surface area (Å²) in [4.78, 5) is 15.0. The van der Waals surface area contributed by atoms with Crippen LogP contribution < -0.4 is 5.32 Å². The van der Waals surface area contributed by atoms with Gasteiger partial charge >= 0.3 is 0 Å². The topological polar surface area (TPSA) is 42.2 Å². The van der Waals surface area contributed by atoms with Gasteiger partial charge in [-0.2, -0.15) is 0 Å². The molecule has 1 aromatic heterocycles. The molecule has 0 saturated heterocycles. The Morgan fingerprint density at radius 1 is 0.759 bits per heavy atom. The molecule has 3 nitrogen and oxygen atoms in total. The lowest BCUT2D eigenvalue weighted by molar-refractivity contribution is 0.0998. The van der Waals surface area contributed by atoms with Crippen molar-refractivity contribution in [2.45, 2.75) is 9.79 Å². The van der Waals surface area contributed by atoms with Crippen molar-refractivity contribution in [3.63, 3.8) is 0 Å². The van der Waals surface area contributed by atoms with E-state index in [1.165, 1.54) is 0 Å². The molecule has 0 atom stereocenters. The number of amides is 1. The van der Waals surface area contributed by atoms with Crippen molar-refractivity contribution in [1.29, 1.82) is 0 Å². The Morgan fingerprint density at radius 2 is 1.52 bits per heavy atom. The van der Waals surface area contributed by atoms with Gasteiger partial charge < -0.3 is 9.73 Å². The summed E-state index contributed by atoms with van der Waals surface area (Å²) in [7, 11) is 0. The van der Waals surface area contributed by atoms with Crippen LogP contribution in [0.25, 0.3) is 21.7 Å². The second kappa shape index (κ2) is 7.49. The lowest BCUT2D eigenvalue weighted by atomic mass is 10.1. The zero-order valence-corrected chi connectivity index (χ0v) is 16.3. The molecule has 140 valence electrons. The second-order valence-electron chi connectivity index (χ2n) is 6.67. The maximum Gasteiger partial charge on any atom is 0.291 e. The van der Waals surface area contributed by atoms with Crippen LogP contribution in [0.1, 0.15) is 10.6 Å². The number of rotatable bonds is 4. The maximum absolute atomic E-state index is 12.9. The highest BCUT2D eigenvalue weighted by Gasteiger charge is 2.15. The molecule has 0 spiro atoms. The molecule has 0 aliphatic carbocycles. The number of fused-ring (bicyclic) bond motifs is 3. The number of anilines is 1. The van der Waals surface area contributed by atoms with Crippen LogP contribution >= 0.6 is 11.8 Å². The van der Waals surface area contributed by atoms with Crippen molar-refractivity contribution in [2.24, 2.45) is 0 Å². The quantitative estimate of drug-likeness (QED) is 0.356. The highest BCUT2D eigenvalue weighted by Crippen LogP contribution is 2.34. The smallest absolute Gasteiger partial charge is 0.291 e. The fourth-order valence-electron chi connectivity index (χ4n) is 3.36. The number of benzene rings is 4. The van der Waals surface area contributed by atoms with Gasteiger partial charge in [-0.25, -0.2) is 0 Å². The molecule has 1 heterocycles. The van der Waals surface area contributed by atoms with Crippen LogP contribution in [0.3, 0.4) is 0 Å². The van der Waals surface area contributed by atoms with Gasteiger partial charge in [0.15, 0.2) is 5.76 Å². The molecular formula is C25H17NO2S. The summed E-state index contributed by atoms with van der Waals surface area (Å²) in [6, 6.07) is 31.7. The highest BCUT2D eigenvalue weighted by atomic mass is 32.2. The molecule has 0 unspecified atom stereocenters. The number of hydrogen-bond donors (Lipinski definition) is 1. The monoisotopic (exact) mass is 395 g/mol. The molecule has 0 radical (unpaired) electrons. The first kappa shape index (κ1) is 17.6. The van der Waals surface area contributed by atoms with Gasteiger partial charge in [0, 0.05) is 15.2 Å². The average Bonchev–Trinajstić information content (AvgIpc) is 3.21. The van der Waals surface area contributed by atoms with Gasteiger partial charge in [-0.1, -0.05) is 72.4 Å². The van der Waals surface area contributed by atoms with Gasteiger partial charge in [0.2, 0.25) is 0 Å². The lowest BCUT2D eigenvalue weighted by Gasteiger charge is -2.09. The molecule has 5 aromatic rings. The van der Waals surface area contributed by atoms with Gasteiger partial charge in [-0.15, -0.1) is 0 Å². The summed E-state index contributed by atoms with van der Waals surface area (Å²) in [6.45, 7) is 0. The maximum atomic E-state index is 12.9. The zero-order valence-electron chi connectivity index (χ0n) is 15.5. The van der Waals surface area contributed by atoms with E-state index in [1.807, 2.05) is 91.0 Å². The van der Waals surface area contributed by atoms with E-state index in [0.29, 0.717) is 11.3 Å². The standard InChI is InChI=1S/C25H17NO2S/c27-25(23-16-20-19-11-5-4-8-17(19)14-15-22(20)28-23)26-21-12-6-7-13-24(21)29-18-9-2-1-3-10-18/h1-16H,(H,26,27). The van der Waals surface area contributed by atoms with Gasteiger partial charge in [-0.3, -0.25) is 4.79 Å². The number of hydrogen-bond acceptors (Lipinski definition) is 3. The number of carbonyl (C=O) groups is 1. The third kappa shape index (κ3) is 3.50. The molecule has 1 N–H and O–H groups in total. The summed E-state index contributed by atoms with van der Waals surface area (Å²) < 4.78 is 5.85. The van der Waals surface area contributed by atoms with E-state index in [0.717, 1.165) is 31.6 Å². The van der Waals surface area contributed by atoms with Gasteiger partial charge in [0.05, 0.1) is 5.69 Å². The molecule has 0 saturated carbocycles. The minimum Gasteiger partial charge on any atom is -0.451 e. The minimum absolute atomic E-state index is 0.258. The summed E-state index contributed by atoms with van der Waals surface area (Å²) in [5.74, 6) is 0.0438. The number of nitrogens with one attached hydrogen (secondary N) is 1. The zero-order chi connectivity index (χ0) is 19.6. The number of para-hydroxylation sites is 1. The first-order valence-electron chi connectivity index (χ1n) is 9.32. The Bertz CT molecular complexity index is 1320. The molecule has 5 rings (SSSR count). The minimum atomic E-state index is -0.258. The number of carbonyl (C=O) groups excluding carboxylic acids is 1. The lowest BCUT2D eigenvalue weighted by Crippen LogP contribution is -2.11. The van der Waals surface area contributed by atoms with Gasteiger partial charge in [0.25, 0.3) is 5.91 Å². The van der Waals surface area contributed by atoms with Crippen molar-refractivity contribution < 1.29 is 9.21 Å². The molecule has 0 aliphatic heterocycles. The van der Waals surface area contributed by atoms with E-state index in [2.05, 4.69) is 11.4 Å². The molecule has 1 amide bonds. The summed E-state index contributed by atoms with van der Waals surface area (Å²) in [5, 5.41) is 6.15. The Hall–Kier alpha value is -3.50. The predicted octanol–water partition coefficient (Wildman–Crippen LogP) is 6.99. The molecule has 4 heteroatoms. The first-order chi connectivity index (χ1) is 14.3. The Labute approximate surface area is 172 Å². The van der Waals surface area contributed by atoms with E-state index < -0.39 is 0 Å². The van der Waals surface area contributed by atoms with Crippen LogP contribution in [0.4, 0.5) is 5.69 Å². The molecule has 0 aliphatic rings. The molecule has 29 heavy (non-hydrogen) atoms.